The number of hydrogen-bond donors (Lipinski definition) is 0. The van der Waals surface area contributed by atoms with E-state index in [0.717, 1.165) is 0 Å². The summed E-state index contributed by atoms with van der Waals surface area (Å²) in [4.78, 5) is 12.0. The number of carbonyl (C=O) groups excluding carboxylic acids is 1. The van der Waals surface area contributed by atoms with E-state index >= 15 is 0 Å². The van der Waals surface area contributed by atoms with Crippen LogP contribution in [0.3, 0.4) is 0 Å². The van der Waals surface area contributed by atoms with Crippen LogP contribution in [0.5, 0.6) is 5.75 Å². The summed E-state index contributed by atoms with van der Waals surface area (Å²) in [7, 11) is -5.47. The monoisotopic (exact) mass is 498 g/mol. The lowest BCUT2D eigenvalue weighted by Crippen LogP contribution is -2.57. The summed E-state index contributed by atoms with van der Waals surface area (Å²) in [6.45, 7) is 1.26. The van der Waals surface area contributed by atoms with Crippen LogP contribution in [-0.4, -0.2) is 51.6 Å². The molecule has 1 rings (SSSR count). The van der Waals surface area contributed by atoms with Crippen molar-refractivity contribution >= 4 is 16.1 Å². The van der Waals surface area contributed by atoms with E-state index in [1.165, 1.54) is 7.11 Å². The van der Waals surface area contributed by atoms with Gasteiger partial charge >= 0.3 is 33.4 Å². The highest BCUT2D eigenvalue weighted by atomic mass is 32.2. The SMILES string of the molecule is CCCOC(=O)C(CCCc1ccc(OC)cc1)OS(=O)(=O)C(F)(F)C(F)(F)C(F)(F)F. The third kappa shape index (κ3) is 6.47. The molecule has 0 saturated heterocycles. The van der Waals surface area contributed by atoms with Gasteiger partial charge in [-0.3, -0.25) is 4.18 Å². The molecular weight excluding hydrogens is 477 g/mol. The predicted molar refractivity (Wildman–Crippen MR) is 96.9 cm³/mol. The molecule has 0 heterocycles. The Balaban J connectivity index is 3.03. The Morgan fingerprint density at radius 3 is 2.06 bits per heavy atom. The summed E-state index contributed by atoms with van der Waals surface area (Å²) in [5.74, 6) is -7.92. The zero-order valence-electron chi connectivity index (χ0n) is 16.9. The van der Waals surface area contributed by atoms with Gasteiger partial charge < -0.3 is 9.47 Å². The Morgan fingerprint density at radius 1 is 1.03 bits per heavy atom. The first-order valence-corrected chi connectivity index (χ1v) is 10.6. The van der Waals surface area contributed by atoms with E-state index in [2.05, 4.69) is 8.92 Å². The molecule has 0 radical (unpaired) electrons. The van der Waals surface area contributed by atoms with Crippen molar-refractivity contribution in [1.29, 1.82) is 0 Å². The molecule has 32 heavy (non-hydrogen) atoms. The van der Waals surface area contributed by atoms with Gasteiger partial charge in [-0.1, -0.05) is 19.1 Å². The summed E-state index contributed by atoms with van der Waals surface area (Å²) in [5.41, 5.74) is 0.656. The molecule has 0 bridgehead atoms. The van der Waals surface area contributed by atoms with Gasteiger partial charge in [0.05, 0.1) is 13.7 Å². The number of carbonyl (C=O) groups is 1. The second-order valence-electron chi connectivity index (χ2n) is 6.54. The number of alkyl halides is 7. The molecule has 0 aromatic heterocycles. The molecule has 0 amide bonds. The van der Waals surface area contributed by atoms with E-state index in [9.17, 15) is 43.9 Å². The summed E-state index contributed by atoms with van der Waals surface area (Å²) >= 11 is 0. The average molecular weight is 498 g/mol. The lowest BCUT2D eigenvalue weighted by molar-refractivity contribution is -0.333. The molecule has 1 atom stereocenters. The van der Waals surface area contributed by atoms with Crippen molar-refractivity contribution in [2.75, 3.05) is 13.7 Å². The maximum absolute atomic E-state index is 13.7. The van der Waals surface area contributed by atoms with Crippen LogP contribution in [0.1, 0.15) is 31.7 Å². The van der Waals surface area contributed by atoms with E-state index in [0.29, 0.717) is 11.3 Å². The Labute approximate surface area is 179 Å². The fraction of sp³-hybridized carbons (Fsp3) is 0.611. The smallest absolute Gasteiger partial charge is 0.461 e. The molecule has 0 N–H and O–H groups in total. The van der Waals surface area contributed by atoms with Crippen molar-refractivity contribution in [3.8, 4) is 5.75 Å². The molecular formula is C18H21F7O6S. The lowest BCUT2D eigenvalue weighted by Gasteiger charge is -2.28. The molecule has 0 spiro atoms. The molecule has 0 fully saturated rings. The van der Waals surface area contributed by atoms with Crippen LogP contribution >= 0.6 is 0 Å². The first kappa shape index (κ1) is 27.9. The first-order valence-electron chi connectivity index (χ1n) is 9.15. The molecule has 14 heteroatoms. The second kappa shape index (κ2) is 10.7. The van der Waals surface area contributed by atoms with Gasteiger partial charge in [-0.2, -0.15) is 39.2 Å². The number of esters is 1. The van der Waals surface area contributed by atoms with E-state index in [4.69, 9.17) is 4.74 Å². The summed E-state index contributed by atoms with van der Waals surface area (Å²) in [6, 6.07) is 6.39. The van der Waals surface area contributed by atoms with E-state index in [1.807, 2.05) is 0 Å². The van der Waals surface area contributed by atoms with Crippen LogP contribution in [0.15, 0.2) is 24.3 Å². The van der Waals surface area contributed by atoms with Crippen molar-refractivity contribution in [2.45, 2.75) is 56.1 Å². The molecule has 0 aliphatic rings. The Kier molecular flexibility index (Phi) is 9.33. The van der Waals surface area contributed by atoms with Crippen LogP contribution in [-0.2, 0) is 30.3 Å². The van der Waals surface area contributed by atoms with Crippen molar-refractivity contribution in [3.05, 3.63) is 29.8 Å². The van der Waals surface area contributed by atoms with Gasteiger partial charge in [0.1, 0.15) is 5.75 Å². The van der Waals surface area contributed by atoms with Crippen LogP contribution in [0.25, 0.3) is 0 Å². The largest absolute Gasteiger partial charge is 0.497 e. The van der Waals surface area contributed by atoms with Crippen molar-refractivity contribution in [3.63, 3.8) is 0 Å². The topological polar surface area (TPSA) is 78.9 Å². The maximum atomic E-state index is 13.7. The standard InChI is InChI=1S/C18H21F7O6S/c1-3-11-30-15(26)14(6-4-5-12-7-9-13(29-2)10-8-12)31-32(27,28)18(24,25)16(19,20)17(21,22)23/h7-10,14H,3-6,11H2,1-2H3. The second-order valence-corrected chi connectivity index (χ2v) is 8.15. The number of methoxy groups -OCH3 is 1. The fourth-order valence-electron chi connectivity index (χ4n) is 2.32. The molecule has 0 aliphatic carbocycles. The minimum atomic E-state index is -6.96. The van der Waals surface area contributed by atoms with Crippen molar-refractivity contribution < 1.29 is 57.6 Å². The van der Waals surface area contributed by atoms with Gasteiger partial charge in [0.15, 0.2) is 6.10 Å². The summed E-state index contributed by atoms with van der Waals surface area (Å²) in [6.07, 6.45) is -9.52. The van der Waals surface area contributed by atoms with Gasteiger partial charge in [0.25, 0.3) is 0 Å². The maximum Gasteiger partial charge on any atom is 0.461 e. The quantitative estimate of drug-likeness (QED) is 0.240. The number of rotatable bonds is 12. The van der Waals surface area contributed by atoms with Gasteiger partial charge in [0, 0.05) is 0 Å². The van der Waals surface area contributed by atoms with Gasteiger partial charge in [0.2, 0.25) is 0 Å². The van der Waals surface area contributed by atoms with E-state index in [-0.39, 0.29) is 25.9 Å². The number of ether oxygens (including phenoxy) is 2. The minimum absolute atomic E-state index is 0.0744. The highest BCUT2D eigenvalue weighted by molar-refractivity contribution is 7.87. The third-order valence-electron chi connectivity index (χ3n) is 4.08. The molecule has 0 saturated carbocycles. The van der Waals surface area contributed by atoms with Gasteiger partial charge in [-0.15, -0.1) is 0 Å². The molecule has 1 aromatic carbocycles. The van der Waals surface area contributed by atoms with Gasteiger partial charge in [-0.25, -0.2) is 4.79 Å². The van der Waals surface area contributed by atoms with Crippen LogP contribution in [0.4, 0.5) is 30.7 Å². The minimum Gasteiger partial charge on any atom is -0.497 e. The molecule has 1 unspecified atom stereocenters. The first-order chi connectivity index (χ1) is 14.6. The van der Waals surface area contributed by atoms with Crippen molar-refractivity contribution in [2.24, 2.45) is 0 Å². The normalized spacial score (nSPS) is 14.2. The number of hydrogen-bond acceptors (Lipinski definition) is 6. The van der Waals surface area contributed by atoms with Crippen LogP contribution in [0, 0.1) is 0 Å². The third-order valence-corrected chi connectivity index (χ3v) is 5.45. The molecule has 6 nitrogen and oxygen atoms in total. The van der Waals surface area contributed by atoms with Crippen LogP contribution in [0.2, 0.25) is 0 Å². The zero-order chi connectivity index (χ0) is 24.8. The Hall–Kier alpha value is -2.09. The average Bonchev–Trinajstić information content (AvgIpc) is 2.70. The zero-order valence-corrected chi connectivity index (χ0v) is 17.7. The Bertz CT molecular complexity index is 854. The van der Waals surface area contributed by atoms with Crippen LogP contribution < -0.4 is 4.74 Å². The van der Waals surface area contributed by atoms with Gasteiger partial charge in [-0.05, 0) is 43.4 Å². The molecule has 184 valence electrons. The number of benzene rings is 1. The number of halogens is 7. The van der Waals surface area contributed by atoms with E-state index < -0.39 is 46.0 Å². The summed E-state index contributed by atoms with van der Waals surface area (Å²) in [5, 5.41) is -6.68. The highest BCUT2D eigenvalue weighted by Gasteiger charge is 2.79. The van der Waals surface area contributed by atoms with Crippen molar-refractivity contribution in [1.82, 2.24) is 0 Å². The molecule has 0 aliphatic heterocycles. The predicted octanol–water partition coefficient (Wildman–Crippen LogP) is 4.48. The Morgan fingerprint density at radius 2 is 1.59 bits per heavy atom. The lowest BCUT2D eigenvalue weighted by atomic mass is 10.1. The fourth-order valence-corrected chi connectivity index (χ4v) is 3.35. The highest BCUT2D eigenvalue weighted by Crippen LogP contribution is 2.49. The molecule has 1 aromatic rings. The number of aryl methyl sites for hydroxylation is 1. The van der Waals surface area contributed by atoms with E-state index in [1.54, 1.807) is 31.2 Å². The summed E-state index contributed by atoms with van der Waals surface area (Å²) < 4.78 is 127.